The Hall–Kier alpha value is -2.92. The van der Waals surface area contributed by atoms with Crippen LogP contribution in [0.3, 0.4) is 0 Å². The van der Waals surface area contributed by atoms with E-state index >= 15 is 0 Å². The minimum absolute atomic E-state index is 0.0150. The third-order valence-corrected chi connectivity index (χ3v) is 5.06. The molecule has 138 valence electrons. The largest absolute Gasteiger partial charge is 0.365 e. The standard InChI is InChI=1S/C22H23N3O2/c1-15-8-9-16(2)18(10-15)11-23-22(26)21-19-13-27-20(12-25(19)14-24-21)17-6-4-3-5-7-17/h3-10,14,20H,11-13H2,1-2H3,(H,23,26). The summed E-state index contributed by atoms with van der Waals surface area (Å²) in [6.07, 6.45) is 1.72. The van der Waals surface area contributed by atoms with Crippen molar-refractivity contribution in [1.29, 1.82) is 0 Å². The number of nitrogens with one attached hydrogen (secondary N) is 1. The minimum atomic E-state index is -0.161. The number of amides is 1. The van der Waals surface area contributed by atoms with Crippen LogP contribution < -0.4 is 5.32 Å². The number of benzene rings is 2. The number of aromatic nitrogens is 2. The number of aryl methyl sites for hydroxylation is 2. The molecule has 5 heteroatoms. The van der Waals surface area contributed by atoms with Gasteiger partial charge in [0, 0.05) is 6.54 Å². The maximum atomic E-state index is 12.7. The van der Waals surface area contributed by atoms with Crippen LogP contribution in [0.1, 0.15) is 44.5 Å². The van der Waals surface area contributed by atoms with Gasteiger partial charge in [-0.1, -0.05) is 54.1 Å². The van der Waals surface area contributed by atoms with Crippen LogP contribution in [0.5, 0.6) is 0 Å². The van der Waals surface area contributed by atoms with E-state index in [1.54, 1.807) is 6.33 Å². The Morgan fingerprint density at radius 1 is 1.22 bits per heavy atom. The molecule has 2 heterocycles. The van der Waals surface area contributed by atoms with Crippen LogP contribution in [0.15, 0.2) is 54.9 Å². The molecule has 0 radical (unpaired) electrons. The van der Waals surface area contributed by atoms with Crippen LogP contribution in [0, 0.1) is 13.8 Å². The van der Waals surface area contributed by atoms with Crippen molar-refractivity contribution in [3.05, 3.63) is 88.5 Å². The minimum Gasteiger partial charge on any atom is -0.365 e. The van der Waals surface area contributed by atoms with E-state index in [0.29, 0.717) is 25.4 Å². The van der Waals surface area contributed by atoms with E-state index in [4.69, 9.17) is 4.74 Å². The van der Waals surface area contributed by atoms with Gasteiger partial charge in [0.15, 0.2) is 5.69 Å². The smallest absolute Gasteiger partial charge is 0.272 e. The Morgan fingerprint density at radius 2 is 2.04 bits per heavy atom. The zero-order valence-electron chi connectivity index (χ0n) is 15.6. The first-order valence-corrected chi connectivity index (χ1v) is 9.16. The molecule has 0 bridgehead atoms. The van der Waals surface area contributed by atoms with Crippen LogP contribution in [-0.2, 0) is 24.4 Å². The molecule has 1 unspecified atom stereocenters. The third-order valence-electron chi connectivity index (χ3n) is 5.06. The molecule has 0 spiro atoms. The Kier molecular flexibility index (Phi) is 4.77. The molecule has 1 aromatic heterocycles. The zero-order chi connectivity index (χ0) is 18.8. The summed E-state index contributed by atoms with van der Waals surface area (Å²) in [6.45, 7) is 5.64. The highest BCUT2D eigenvalue weighted by atomic mass is 16.5. The molecule has 0 aliphatic carbocycles. The summed E-state index contributed by atoms with van der Waals surface area (Å²) in [4.78, 5) is 17.0. The second-order valence-corrected chi connectivity index (χ2v) is 7.02. The fourth-order valence-corrected chi connectivity index (χ4v) is 3.44. The van der Waals surface area contributed by atoms with Crippen molar-refractivity contribution >= 4 is 5.91 Å². The molecule has 1 N–H and O–H groups in total. The summed E-state index contributed by atoms with van der Waals surface area (Å²) in [6, 6.07) is 16.4. The number of ether oxygens (including phenoxy) is 1. The Morgan fingerprint density at radius 3 is 2.85 bits per heavy atom. The van der Waals surface area contributed by atoms with Gasteiger partial charge in [-0.05, 0) is 30.5 Å². The summed E-state index contributed by atoms with van der Waals surface area (Å²) in [5.41, 5.74) is 5.90. The van der Waals surface area contributed by atoms with E-state index in [9.17, 15) is 4.79 Å². The zero-order valence-corrected chi connectivity index (χ0v) is 15.6. The second kappa shape index (κ2) is 7.37. The van der Waals surface area contributed by atoms with E-state index in [1.165, 1.54) is 11.1 Å². The molecule has 0 saturated heterocycles. The van der Waals surface area contributed by atoms with Crippen LogP contribution >= 0.6 is 0 Å². The summed E-state index contributed by atoms with van der Waals surface area (Å²) >= 11 is 0. The summed E-state index contributed by atoms with van der Waals surface area (Å²) < 4.78 is 8.02. The van der Waals surface area contributed by atoms with E-state index in [2.05, 4.69) is 54.5 Å². The molecule has 0 saturated carbocycles. The average molecular weight is 361 g/mol. The van der Waals surface area contributed by atoms with Crippen molar-refractivity contribution in [2.45, 2.75) is 39.6 Å². The maximum Gasteiger partial charge on any atom is 0.272 e. The van der Waals surface area contributed by atoms with Crippen molar-refractivity contribution in [2.24, 2.45) is 0 Å². The van der Waals surface area contributed by atoms with Gasteiger partial charge in [-0.15, -0.1) is 0 Å². The van der Waals surface area contributed by atoms with Crippen molar-refractivity contribution in [3.63, 3.8) is 0 Å². The monoisotopic (exact) mass is 361 g/mol. The lowest BCUT2D eigenvalue weighted by Gasteiger charge is -2.25. The van der Waals surface area contributed by atoms with Gasteiger partial charge in [-0.2, -0.15) is 0 Å². The SMILES string of the molecule is Cc1ccc(C)c(CNC(=O)c2ncn3c2COC(c2ccccc2)C3)c1. The van der Waals surface area contributed by atoms with Gasteiger partial charge in [0.05, 0.1) is 25.2 Å². The third kappa shape index (κ3) is 3.64. The number of fused-ring (bicyclic) bond motifs is 1. The molecule has 1 aliphatic heterocycles. The number of nitrogens with zero attached hydrogens (tertiary/aromatic N) is 2. The predicted octanol–water partition coefficient (Wildman–Crippen LogP) is 3.70. The number of carbonyl (C=O) groups excluding carboxylic acids is 1. The van der Waals surface area contributed by atoms with Crippen LogP contribution in [0.25, 0.3) is 0 Å². The van der Waals surface area contributed by atoms with Crippen molar-refractivity contribution in [3.8, 4) is 0 Å². The fraction of sp³-hybridized carbons (Fsp3) is 0.273. The number of imidazole rings is 1. The first-order valence-electron chi connectivity index (χ1n) is 9.16. The van der Waals surface area contributed by atoms with Gasteiger partial charge in [-0.25, -0.2) is 4.98 Å². The van der Waals surface area contributed by atoms with Gasteiger partial charge < -0.3 is 14.6 Å². The Balaban J connectivity index is 1.46. The highest BCUT2D eigenvalue weighted by Gasteiger charge is 2.26. The van der Waals surface area contributed by atoms with E-state index in [1.807, 2.05) is 22.8 Å². The lowest BCUT2D eigenvalue weighted by atomic mass is 10.1. The maximum absolute atomic E-state index is 12.7. The van der Waals surface area contributed by atoms with Crippen molar-refractivity contribution < 1.29 is 9.53 Å². The highest BCUT2D eigenvalue weighted by molar-refractivity contribution is 5.93. The molecule has 2 aromatic carbocycles. The van der Waals surface area contributed by atoms with Gasteiger partial charge in [0.25, 0.3) is 5.91 Å². The van der Waals surface area contributed by atoms with Crippen molar-refractivity contribution in [1.82, 2.24) is 14.9 Å². The number of rotatable bonds is 4. The molecule has 27 heavy (non-hydrogen) atoms. The lowest BCUT2D eigenvalue weighted by Crippen LogP contribution is -2.27. The average Bonchev–Trinajstić information content (AvgIpc) is 3.12. The lowest BCUT2D eigenvalue weighted by molar-refractivity contribution is 0.00257. The van der Waals surface area contributed by atoms with E-state index in [-0.39, 0.29) is 12.0 Å². The van der Waals surface area contributed by atoms with Gasteiger partial charge >= 0.3 is 0 Å². The number of carbonyl (C=O) groups is 1. The summed E-state index contributed by atoms with van der Waals surface area (Å²) in [5, 5.41) is 2.99. The molecule has 3 aromatic rings. The van der Waals surface area contributed by atoms with E-state index < -0.39 is 0 Å². The predicted molar refractivity (Wildman–Crippen MR) is 103 cm³/mol. The Bertz CT molecular complexity index is 963. The molecule has 1 aliphatic rings. The fourth-order valence-electron chi connectivity index (χ4n) is 3.44. The molecular weight excluding hydrogens is 338 g/mol. The number of hydrogen-bond acceptors (Lipinski definition) is 3. The van der Waals surface area contributed by atoms with Crippen LogP contribution in [0.4, 0.5) is 0 Å². The molecule has 1 atom stereocenters. The van der Waals surface area contributed by atoms with Crippen LogP contribution in [-0.4, -0.2) is 15.5 Å². The quantitative estimate of drug-likeness (QED) is 0.771. The molecular formula is C22H23N3O2. The molecule has 5 nitrogen and oxygen atoms in total. The first-order chi connectivity index (χ1) is 13.1. The first kappa shape index (κ1) is 17.5. The molecule has 4 rings (SSSR count). The topological polar surface area (TPSA) is 56.2 Å². The highest BCUT2D eigenvalue weighted by Crippen LogP contribution is 2.27. The summed E-state index contributed by atoms with van der Waals surface area (Å²) in [5.74, 6) is -0.161. The molecule has 0 fully saturated rings. The van der Waals surface area contributed by atoms with Gasteiger partial charge in [0.1, 0.15) is 6.10 Å². The second-order valence-electron chi connectivity index (χ2n) is 7.02. The number of hydrogen-bond donors (Lipinski definition) is 1. The van der Waals surface area contributed by atoms with Crippen LogP contribution in [0.2, 0.25) is 0 Å². The van der Waals surface area contributed by atoms with E-state index in [0.717, 1.165) is 16.8 Å². The van der Waals surface area contributed by atoms with Crippen molar-refractivity contribution in [2.75, 3.05) is 0 Å². The van der Waals surface area contributed by atoms with Gasteiger partial charge in [0.2, 0.25) is 0 Å². The summed E-state index contributed by atoms with van der Waals surface area (Å²) in [7, 11) is 0. The van der Waals surface area contributed by atoms with Gasteiger partial charge in [-0.3, -0.25) is 4.79 Å². The Labute approximate surface area is 159 Å². The normalized spacial score (nSPS) is 16.0. The molecule has 1 amide bonds.